The Morgan fingerprint density at radius 3 is 2.45 bits per heavy atom. The van der Waals surface area contributed by atoms with Gasteiger partial charge >= 0.3 is 6.18 Å². The van der Waals surface area contributed by atoms with Crippen molar-refractivity contribution < 1.29 is 13.2 Å². The molecule has 108 valence electrons. The Morgan fingerprint density at radius 1 is 1.30 bits per heavy atom. The standard InChI is InChI=1S/C13H13BrF3N3/c1-8(18)12(10-4-2-3-5-11(10)14)20-7-9(6-19-20)13(15,16)17/h2-8,12H,18H2,1H3. The highest BCUT2D eigenvalue weighted by Gasteiger charge is 2.33. The lowest BCUT2D eigenvalue weighted by Gasteiger charge is -2.23. The van der Waals surface area contributed by atoms with Crippen molar-refractivity contribution in [2.75, 3.05) is 0 Å². The Kier molecular flexibility index (Phi) is 4.19. The van der Waals surface area contributed by atoms with Crippen LogP contribution in [0.25, 0.3) is 0 Å². The van der Waals surface area contributed by atoms with E-state index in [1.54, 1.807) is 6.92 Å². The van der Waals surface area contributed by atoms with Crippen LogP contribution in [0.2, 0.25) is 0 Å². The van der Waals surface area contributed by atoms with Crippen LogP contribution in [0.15, 0.2) is 41.1 Å². The molecule has 7 heteroatoms. The van der Waals surface area contributed by atoms with E-state index in [-0.39, 0.29) is 0 Å². The number of benzene rings is 1. The van der Waals surface area contributed by atoms with Gasteiger partial charge in [-0.05, 0) is 18.6 Å². The predicted octanol–water partition coefficient (Wildman–Crippen LogP) is 3.60. The van der Waals surface area contributed by atoms with Crippen LogP contribution < -0.4 is 5.73 Å². The first-order valence-corrected chi connectivity index (χ1v) is 6.71. The van der Waals surface area contributed by atoms with E-state index in [4.69, 9.17) is 5.73 Å². The highest BCUT2D eigenvalue weighted by atomic mass is 79.9. The van der Waals surface area contributed by atoms with Crippen LogP contribution in [0.4, 0.5) is 13.2 Å². The van der Waals surface area contributed by atoms with Crippen molar-refractivity contribution in [1.82, 2.24) is 9.78 Å². The maximum atomic E-state index is 12.7. The summed E-state index contributed by atoms with van der Waals surface area (Å²) in [6.45, 7) is 1.74. The van der Waals surface area contributed by atoms with Crippen LogP contribution in [0.3, 0.4) is 0 Å². The van der Waals surface area contributed by atoms with E-state index < -0.39 is 23.8 Å². The average molecular weight is 348 g/mol. The molecule has 0 radical (unpaired) electrons. The number of alkyl halides is 3. The summed E-state index contributed by atoms with van der Waals surface area (Å²) in [6.07, 6.45) is -2.62. The molecule has 0 saturated heterocycles. The van der Waals surface area contributed by atoms with Crippen LogP contribution >= 0.6 is 15.9 Å². The summed E-state index contributed by atoms with van der Waals surface area (Å²) in [5.41, 5.74) is 5.93. The minimum Gasteiger partial charge on any atom is -0.326 e. The van der Waals surface area contributed by atoms with Crippen LogP contribution in [0, 0.1) is 0 Å². The highest BCUT2D eigenvalue weighted by molar-refractivity contribution is 9.10. The lowest BCUT2D eigenvalue weighted by molar-refractivity contribution is -0.137. The van der Waals surface area contributed by atoms with Crippen LogP contribution in [-0.4, -0.2) is 15.8 Å². The molecule has 0 spiro atoms. The second-order valence-electron chi connectivity index (χ2n) is 4.53. The van der Waals surface area contributed by atoms with Gasteiger partial charge in [0, 0.05) is 16.7 Å². The summed E-state index contributed by atoms with van der Waals surface area (Å²) in [5, 5.41) is 3.82. The lowest BCUT2D eigenvalue weighted by Crippen LogP contribution is -2.31. The van der Waals surface area contributed by atoms with Gasteiger partial charge in [-0.1, -0.05) is 34.1 Å². The predicted molar refractivity (Wildman–Crippen MR) is 73.2 cm³/mol. The molecule has 0 amide bonds. The number of rotatable bonds is 3. The Morgan fingerprint density at radius 2 is 1.95 bits per heavy atom. The van der Waals surface area contributed by atoms with Gasteiger partial charge in [-0.15, -0.1) is 0 Å². The van der Waals surface area contributed by atoms with E-state index >= 15 is 0 Å². The van der Waals surface area contributed by atoms with Gasteiger partial charge in [0.15, 0.2) is 0 Å². The molecule has 0 aliphatic rings. The van der Waals surface area contributed by atoms with Crippen LogP contribution in [0.1, 0.15) is 24.1 Å². The van der Waals surface area contributed by atoms with E-state index in [1.807, 2.05) is 24.3 Å². The summed E-state index contributed by atoms with van der Waals surface area (Å²) < 4.78 is 40.0. The van der Waals surface area contributed by atoms with E-state index in [0.29, 0.717) is 0 Å². The molecule has 2 rings (SSSR count). The van der Waals surface area contributed by atoms with Gasteiger partial charge in [-0.3, -0.25) is 4.68 Å². The summed E-state index contributed by atoms with van der Waals surface area (Å²) in [5.74, 6) is 0. The fourth-order valence-corrected chi connectivity index (χ4v) is 2.54. The number of hydrogen-bond acceptors (Lipinski definition) is 2. The van der Waals surface area contributed by atoms with Crippen molar-refractivity contribution in [3.05, 3.63) is 52.3 Å². The second kappa shape index (κ2) is 5.57. The zero-order valence-corrected chi connectivity index (χ0v) is 12.2. The van der Waals surface area contributed by atoms with E-state index in [9.17, 15) is 13.2 Å². The third-order valence-electron chi connectivity index (χ3n) is 2.94. The molecule has 1 aromatic heterocycles. The Balaban J connectivity index is 2.45. The molecule has 1 aromatic carbocycles. The molecule has 0 bridgehead atoms. The zero-order chi connectivity index (χ0) is 14.9. The zero-order valence-electron chi connectivity index (χ0n) is 10.6. The number of hydrogen-bond donors (Lipinski definition) is 1. The molecule has 20 heavy (non-hydrogen) atoms. The van der Waals surface area contributed by atoms with Gasteiger partial charge < -0.3 is 5.73 Å². The second-order valence-corrected chi connectivity index (χ2v) is 5.39. The number of aromatic nitrogens is 2. The van der Waals surface area contributed by atoms with Gasteiger partial charge in [-0.25, -0.2) is 0 Å². The molecular weight excluding hydrogens is 335 g/mol. The lowest BCUT2D eigenvalue weighted by atomic mass is 10.0. The molecular formula is C13H13BrF3N3. The molecule has 3 nitrogen and oxygen atoms in total. The van der Waals surface area contributed by atoms with Gasteiger partial charge in [-0.2, -0.15) is 18.3 Å². The molecule has 2 atom stereocenters. The molecule has 0 aliphatic heterocycles. The number of nitrogens with two attached hydrogens (primary N) is 1. The van der Waals surface area contributed by atoms with Crippen molar-refractivity contribution in [3.8, 4) is 0 Å². The summed E-state index contributed by atoms with van der Waals surface area (Å²) in [4.78, 5) is 0. The summed E-state index contributed by atoms with van der Waals surface area (Å²) in [6, 6.07) is 6.40. The molecule has 2 N–H and O–H groups in total. The third kappa shape index (κ3) is 3.04. The highest BCUT2D eigenvalue weighted by Crippen LogP contribution is 2.32. The minimum atomic E-state index is -4.41. The monoisotopic (exact) mass is 347 g/mol. The Bertz CT molecular complexity index is 593. The first kappa shape index (κ1) is 15.1. The molecule has 1 heterocycles. The Hall–Kier alpha value is -1.34. The van der Waals surface area contributed by atoms with Crippen molar-refractivity contribution in [2.45, 2.75) is 25.2 Å². The van der Waals surface area contributed by atoms with Crippen LogP contribution in [-0.2, 0) is 6.18 Å². The third-order valence-corrected chi connectivity index (χ3v) is 3.66. The van der Waals surface area contributed by atoms with E-state index in [1.165, 1.54) is 4.68 Å². The average Bonchev–Trinajstić information content (AvgIpc) is 2.80. The van der Waals surface area contributed by atoms with Crippen molar-refractivity contribution in [1.29, 1.82) is 0 Å². The normalized spacial score (nSPS) is 15.1. The van der Waals surface area contributed by atoms with Gasteiger partial charge in [0.2, 0.25) is 0 Å². The van der Waals surface area contributed by atoms with Gasteiger partial charge in [0.25, 0.3) is 0 Å². The van der Waals surface area contributed by atoms with E-state index in [0.717, 1.165) is 22.4 Å². The summed E-state index contributed by atoms with van der Waals surface area (Å²) >= 11 is 3.39. The quantitative estimate of drug-likeness (QED) is 0.921. The maximum absolute atomic E-state index is 12.7. The SMILES string of the molecule is CC(N)C(c1ccccc1Br)n1cc(C(F)(F)F)cn1. The molecule has 0 aliphatic carbocycles. The van der Waals surface area contributed by atoms with Crippen molar-refractivity contribution in [2.24, 2.45) is 5.73 Å². The largest absolute Gasteiger partial charge is 0.419 e. The topological polar surface area (TPSA) is 43.8 Å². The van der Waals surface area contributed by atoms with E-state index in [2.05, 4.69) is 21.0 Å². The molecule has 2 unspecified atom stereocenters. The number of halogens is 4. The van der Waals surface area contributed by atoms with Crippen molar-refractivity contribution >= 4 is 15.9 Å². The number of nitrogens with zero attached hydrogens (tertiary/aromatic N) is 2. The van der Waals surface area contributed by atoms with Crippen LogP contribution in [0.5, 0.6) is 0 Å². The fourth-order valence-electron chi connectivity index (χ4n) is 2.02. The maximum Gasteiger partial charge on any atom is 0.419 e. The smallest absolute Gasteiger partial charge is 0.326 e. The Labute approximate surface area is 122 Å². The summed E-state index contributed by atoms with van der Waals surface area (Å²) in [7, 11) is 0. The molecule has 2 aromatic rings. The first-order valence-electron chi connectivity index (χ1n) is 5.92. The van der Waals surface area contributed by atoms with Crippen molar-refractivity contribution in [3.63, 3.8) is 0 Å². The van der Waals surface area contributed by atoms with Gasteiger partial charge in [0.05, 0.1) is 17.8 Å². The first-order chi connectivity index (χ1) is 9.30. The fraction of sp³-hybridized carbons (Fsp3) is 0.308. The molecule has 0 fully saturated rings. The van der Waals surface area contributed by atoms with Gasteiger partial charge in [0.1, 0.15) is 0 Å². The minimum absolute atomic E-state index is 0.394. The molecule has 0 saturated carbocycles.